The van der Waals surface area contributed by atoms with Gasteiger partial charge in [0.1, 0.15) is 11.4 Å². The fourth-order valence-electron chi connectivity index (χ4n) is 3.10. The van der Waals surface area contributed by atoms with Gasteiger partial charge >= 0.3 is 0 Å². The molecule has 0 aliphatic carbocycles. The third kappa shape index (κ3) is 4.27. The molecule has 0 saturated carbocycles. The van der Waals surface area contributed by atoms with Crippen molar-refractivity contribution in [1.29, 1.82) is 0 Å². The van der Waals surface area contributed by atoms with Gasteiger partial charge in [-0.1, -0.05) is 41.6 Å². The van der Waals surface area contributed by atoms with Crippen molar-refractivity contribution in [1.82, 2.24) is 4.98 Å². The monoisotopic (exact) mass is 432 g/mol. The zero-order valence-electron chi connectivity index (χ0n) is 16.1. The minimum atomic E-state index is -1.59. The summed E-state index contributed by atoms with van der Waals surface area (Å²) in [7, 11) is 1.71. The van der Waals surface area contributed by atoms with Crippen molar-refractivity contribution < 1.29 is 9.35 Å². The summed E-state index contributed by atoms with van der Waals surface area (Å²) in [4.78, 5) is 17.4. The number of nitrogens with zero attached hydrogens (tertiary/aromatic N) is 2. The molecule has 0 radical (unpaired) electrons. The second-order valence-electron chi connectivity index (χ2n) is 6.71. The van der Waals surface area contributed by atoms with Crippen LogP contribution >= 0.6 is 11.6 Å². The lowest BCUT2D eigenvalue weighted by Crippen LogP contribution is -2.36. The van der Waals surface area contributed by atoms with Gasteiger partial charge in [0.2, 0.25) is 10.7 Å². The Kier molecular flexibility index (Phi) is 5.91. The molecule has 1 aromatic heterocycles. The van der Waals surface area contributed by atoms with E-state index in [2.05, 4.69) is 16.8 Å². The third-order valence-electron chi connectivity index (χ3n) is 4.66. The maximum Gasteiger partial charge on any atom is 0.245 e. The van der Waals surface area contributed by atoms with Crippen LogP contribution in [0.2, 0.25) is 5.02 Å². The van der Waals surface area contributed by atoms with Crippen LogP contribution in [0.3, 0.4) is 0 Å². The van der Waals surface area contributed by atoms with Gasteiger partial charge in [0.15, 0.2) is 0 Å². The zero-order valence-corrected chi connectivity index (χ0v) is 17.7. The average Bonchev–Trinajstić information content (AvgIpc) is 2.77. The molecule has 3 aromatic rings. The first kappa shape index (κ1) is 20.2. The summed E-state index contributed by atoms with van der Waals surface area (Å²) in [6, 6.07) is 16.3. The number of pyridine rings is 1. The second kappa shape index (κ2) is 8.76. The van der Waals surface area contributed by atoms with E-state index in [4.69, 9.17) is 11.6 Å². The standard InChI is InChI=1S/C24H17ClN2O2S/c1-27-22-12-9-17(4-2-5-19-6-3-13-26-16-19)14-21(22)24(28)23(30(27)29)15-18-7-10-20(25)11-8-18/h3,6-16H,5H2,1H3/b23-15-. The molecular weight excluding hydrogens is 416 g/mol. The van der Waals surface area contributed by atoms with Gasteiger partial charge in [0.05, 0.1) is 18.3 Å². The first-order valence-electron chi connectivity index (χ1n) is 9.22. The summed E-state index contributed by atoms with van der Waals surface area (Å²) < 4.78 is 14.5. The van der Waals surface area contributed by atoms with E-state index in [1.165, 1.54) is 0 Å². The number of carbonyl (C=O) groups is 1. The number of carbonyl (C=O) groups excluding carboxylic acids is 1. The maximum absolute atomic E-state index is 13.1. The Morgan fingerprint density at radius 2 is 2.00 bits per heavy atom. The molecule has 0 bridgehead atoms. The topological polar surface area (TPSA) is 56.3 Å². The number of halogens is 1. The van der Waals surface area contributed by atoms with E-state index in [1.807, 2.05) is 18.2 Å². The smallest absolute Gasteiger partial charge is 0.245 e. The van der Waals surface area contributed by atoms with Crippen molar-refractivity contribution in [2.24, 2.45) is 0 Å². The van der Waals surface area contributed by atoms with Crippen molar-refractivity contribution >= 4 is 40.5 Å². The molecule has 1 aliphatic heterocycles. The lowest BCUT2D eigenvalue weighted by atomic mass is 10.0. The van der Waals surface area contributed by atoms with Gasteiger partial charge in [-0.15, -0.1) is 0 Å². The minimum absolute atomic E-state index is 0.229. The fourth-order valence-corrected chi connectivity index (χ4v) is 4.36. The number of anilines is 1. The maximum atomic E-state index is 13.1. The number of ketones is 1. The first-order valence-corrected chi connectivity index (χ1v) is 10.7. The van der Waals surface area contributed by atoms with Crippen molar-refractivity contribution in [3.63, 3.8) is 0 Å². The van der Waals surface area contributed by atoms with Gasteiger partial charge in [-0.05, 0) is 47.5 Å². The Morgan fingerprint density at radius 1 is 1.20 bits per heavy atom. The van der Waals surface area contributed by atoms with Crippen LogP contribution in [0.5, 0.6) is 0 Å². The Morgan fingerprint density at radius 3 is 2.73 bits per heavy atom. The van der Waals surface area contributed by atoms with Crippen molar-refractivity contribution in [3.05, 3.63) is 99.2 Å². The number of aromatic nitrogens is 1. The van der Waals surface area contributed by atoms with Crippen LogP contribution in [0.25, 0.3) is 6.08 Å². The highest BCUT2D eigenvalue weighted by Gasteiger charge is 2.38. The highest BCUT2D eigenvalue weighted by Crippen LogP contribution is 2.35. The lowest BCUT2D eigenvalue weighted by Gasteiger charge is -2.29. The molecule has 0 fully saturated rings. The first-order chi connectivity index (χ1) is 14.5. The number of allylic oxidation sites excluding steroid dienone is 1. The lowest BCUT2D eigenvalue weighted by molar-refractivity contribution is 0.104. The van der Waals surface area contributed by atoms with Crippen molar-refractivity contribution in [2.75, 3.05) is 11.4 Å². The molecule has 2 aromatic carbocycles. The van der Waals surface area contributed by atoms with Gasteiger partial charge in [-0.25, -0.2) is 0 Å². The molecule has 0 spiro atoms. The molecule has 148 valence electrons. The number of fused-ring (bicyclic) bond motifs is 1. The Balaban J connectivity index is 1.65. The molecule has 4 rings (SSSR count). The van der Waals surface area contributed by atoms with Crippen LogP contribution in [0.4, 0.5) is 5.69 Å². The third-order valence-corrected chi connectivity index (χ3v) is 6.28. The summed E-state index contributed by atoms with van der Waals surface area (Å²) in [5, 5.41) is 0.602. The normalized spacial score (nSPS) is 16.8. The molecule has 6 heteroatoms. The number of Topliss-reactive ketones (excluding diaryl/α,β-unsaturated/α-hetero) is 1. The highest BCUT2D eigenvalue weighted by atomic mass is 35.5. The Labute approximate surface area is 183 Å². The molecule has 1 atom stereocenters. The molecule has 1 aliphatic rings. The summed E-state index contributed by atoms with van der Waals surface area (Å²) in [6.07, 6.45) is 5.73. The molecule has 0 amide bonds. The summed E-state index contributed by atoms with van der Waals surface area (Å²) in [6.45, 7) is 0. The molecule has 30 heavy (non-hydrogen) atoms. The van der Waals surface area contributed by atoms with E-state index in [0.717, 1.165) is 16.7 Å². The predicted molar refractivity (Wildman–Crippen MR) is 122 cm³/mol. The van der Waals surface area contributed by atoms with Crippen LogP contribution in [-0.2, 0) is 17.8 Å². The van der Waals surface area contributed by atoms with E-state index in [-0.39, 0.29) is 10.7 Å². The molecule has 0 N–H and O–H groups in total. The quantitative estimate of drug-likeness (QED) is 0.335. The van der Waals surface area contributed by atoms with Gasteiger partial charge < -0.3 is 4.55 Å². The van der Waals surface area contributed by atoms with Crippen molar-refractivity contribution in [3.8, 4) is 11.8 Å². The zero-order chi connectivity index (χ0) is 21.1. The van der Waals surface area contributed by atoms with E-state index < -0.39 is 11.4 Å². The largest absolute Gasteiger partial charge is 0.588 e. The number of benzene rings is 2. The van der Waals surface area contributed by atoms with Gasteiger partial charge in [-0.2, -0.15) is 4.31 Å². The van der Waals surface area contributed by atoms with Crippen LogP contribution in [0.15, 0.2) is 71.9 Å². The van der Waals surface area contributed by atoms with E-state index in [9.17, 15) is 9.35 Å². The molecule has 4 nitrogen and oxygen atoms in total. The van der Waals surface area contributed by atoms with Crippen LogP contribution in [-0.4, -0.2) is 22.4 Å². The van der Waals surface area contributed by atoms with Crippen LogP contribution in [0, 0.1) is 11.8 Å². The van der Waals surface area contributed by atoms with Crippen LogP contribution < -0.4 is 4.31 Å². The fraction of sp³-hybridized carbons (Fsp3) is 0.0833. The summed E-state index contributed by atoms with van der Waals surface area (Å²) >= 11 is 4.34. The van der Waals surface area contributed by atoms with Crippen molar-refractivity contribution in [2.45, 2.75) is 6.42 Å². The van der Waals surface area contributed by atoms with E-state index in [0.29, 0.717) is 22.7 Å². The van der Waals surface area contributed by atoms with Gasteiger partial charge in [-0.3, -0.25) is 9.78 Å². The molecular formula is C24H17ClN2O2S. The summed E-state index contributed by atoms with van der Waals surface area (Å²) in [5.74, 6) is 5.96. The predicted octanol–water partition coefficient (Wildman–Crippen LogP) is 4.67. The SMILES string of the molecule is CN1c2ccc(C#CCc3cccnc3)cc2C(=O)/C(=C/c2ccc(Cl)cc2)[S+]1[O-]. The molecule has 2 heterocycles. The number of rotatable bonds is 2. The summed E-state index contributed by atoms with van der Waals surface area (Å²) in [5.41, 5.74) is 3.65. The highest BCUT2D eigenvalue weighted by molar-refractivity contribution is 7.97. The average molecular weight is 433 g/mol. The Hall–Kier alpha value is -3.04. The number of hydrogen-bond donors (Lipinski definition) is 0. The van der Waals surface area contributed by atoms with Gasteiger partial charge in [0, 0.05) is 35.5 Å². The molecule has 0 saturated heterocycles. The van der Waals surface area contributed by atoms with E-state index in [1.54, 1.807) is 66.2 Å². The Bertz CT molecular complexity index is 1180. The second-order valence-corrected chi connectivity index (χ2v) is 8.63. The van der Waals surface area contributed by atoms with E-state index >= 15 is 0 Å². The minimum Gasteiger partial charge on any atom is -0.588 e. The van der Waals surface area contributed by atoms with Crippen LogP contribution in [0.1, 0.15) is 27.0 Å². The molecule has 1 unspecified atom stereocenters. The number of hydrogen-bond acceptors (Lipinski definition) is 4. The van der Waals surface area contributed by atoms with Gasteiger partial charge in [0.25, 0.3) is 0 Å².